The molecule has 0 spiro atoms. The van der Waals surface area contributed by atoms with Crippen LogP contribution in [0.3, 0.4) is 0 Å². The van der Waals surface area contributed by atoms with Crippen molar-refractivity contribution in [3.05, 3.63) is 29.1 Å². The molecular weight excluding hydrogens is 259 g/mol. The molecule has 7 nitrogen and oxygen atoms in total. The molecule has 0 amide bonds. The molecule has 8 heteroatoms. The van der Waals surface area contributed by atoms with Crippen LogP contribution in [0.1, 0.15) is 21.7 Å². The third kappa shape index (κ3) is 2.43. The molecule has 18 heavy (non-hydrogen) atoms. The fourth-order valence-electron chi connectivity index (χ4n) is 1.74. The highest BCUT2D eigenvalue weighted by Gasteiger charge is 2.20. The molecule has 0 aliphatic carbocycles. The number of hydrogen-bond acceptors (Lipinski definition) is 3. The summed E-state index contributed by atoms with van der Waals surface area (Å²) in [5.41, 5.74) is 1.76. The molecule has 2 rings (SSSR count). The number of carbonyl (C=O) groups is 1. The van der Waals surface area contributed by atoms with Crippen LogP contribution in [0, 0.1) is 6.92 Å². The molecule has 1 aromatic carbocycles. The molecule has 0 saturated heterocycles. The first kappa shape index (κ1) is 12.8. The van der Waals surface area contributed by atoms with Crippen LogP contribution >= 0.6 is 7.60 Å². The lowest BCUT2D eigenvalue weighted by atomic mass is 10.1. The Morgan fingerprint density at radius 1 is 1.44 bits per heavy atom. The standard InChI is InChI=1S/C10H11N2O5P/c1-5-2-3-7-8(6(5)4-18(15,16)17)12-9(11-7)10(13)14/h2-3H,4H2,1H3,(H,11,12)(H,13,14)(H2,15,16,17). The zero-order valence-corrected chi connectivity index (χ0v) is 10.3. The van der Waals surface area contributed by atoms with E-state index in [1.807, 2.05) is 0 Å². The Morgan fingerprint density at radius 2 is 2.11 bits per heavy atom. The minimum absolute atomic E-state index is 0.248. The maximum atomic E-state index is 11.1. The average molecular weight is 270 g/mol. The van der Waals surface area contributed by atoms with E-state index in [-0.39, 0.29) is 11.3 Å². The second-order valence-electron chi connectivity index (χ2n) is 3.97. The van der Waals surface area contributed by atoms with Crippen LogP contribution in [-0.2, 0) is 10.7 Å². The summed E-state index contributed by atoms with van der Waals surface area (Å²) in [7, 11) is -4.23. The van der Waals surface area contributed by atoms with Gasteiger partial charge in [0.25, 0.3) is 0 Å². The van der Waals surface area contributed by atoms with Gasteiger partial charge in [-0.15, -0.1) is 0 Å². The molecule has 0 aliphatic heterocycles. The van der Waals surface area contributed by atoms with Gasteiger partial charge in [0.15, 0.2) is 0 Å². The fourth-order valence-corrected chi connectivity index (χ4v) is 2.55. The van der Waals surface area contributed by atoms with E-state index in [4.69, 9.17) is 14.9 Å². The summed E-state index contributed by atoms with van der Waals surface area (Å²) in [5, 5.41) is 8.83. The maximum Gasteiger partial charge on any atom is 0.371 e. The zero-order chi connectivity index (χ0) is 13.5. The van der Waals surface area contributed by atoms with Gasteiger partial charge in [0.1, 0.15) is 0 Å². The molecule has 1 aromatic heterocycles. The van der Waals surface area contributed by atoms with Crippen LogP contribution in [0.5, 0.6) is 0 Å². The third-order valence-corrected chi connectivity index (χ3v) is 3.29. The molecule has 0 unspecified atom stereocenters. The topological polar surface area (TPSA) is 124 Å². The van der Waals surface area contributed by atoms with Crippen LogP contribution in [0.25, 0.3) is 11.0 Å². The SMILES string of the molecule is Cc1ccc2[nH]c(C(=O)O)nc2c1CP(=O)(O)O. The van der Waals surface area contributed by atoms with Crippen molar-refractivity contribution in [2.75, 3.05) is 0 Å². The Balaban J connectivity index is 2.66. The second kappa shape index (κ2) is 4.20. The number of H-pyrrole nitrogens is 1. The van der Waals surface area contributed by atoms with Crippen molar-refractivity contribution >= 4 is 24.6 Å². The van der Waals surface area contributed by atoms with E-state index in [1.54, 1.807) is 19.1 Å². The monoisotopic (exact) mass is 270 g/mol. The molecule has 2 aromatic rings. The normalized spacial score (nSPS) is 11.9. The molecule has 4 N–H and O–H groups in total. The molecule has 0 bridgehead atoms. The summed E-state index contributed by atoms with van der Waals surface area (Å²) < 4.78 is 11.1. The van der Waals surface area contributed by atoms with Crippen LogP contribution in [-0.4, -0.2) is 30.8 Å². The number of carboxylic acids is 1. The zero-order valence-electron chi connectivity index (χ0n) is 9.41. The van der Waals surface area contributed by atoms with Gasteiger partial charge in [-0.2, -0.15) is 0 Å². The van der Waals surface area contributed by atoms with Crippen molar-refractivity contribution in [3.63, 3.8) is 0 Å². The first-order valence-corrected chi connectivity index (χ1v) is 6.84. The maximum absolute atomic E-state index is 11.1. The van der Waals surface area contributed by atoms with Crippen molar-refractivity contribution in [2.24, 2.45) is 0 Å². The van der Waals surface area contributed by atoms with Gasteiger partial charge < -0.3 is 19.9 Å². The number of fused-ring (bicyclic) bond motifs is 1. The van der Waals surface area contributed by atoms with Crippen LogP contribution in [0.15, 0.2) is 12.1 Å². The highest BCUT2D eigenvalue weighted by Crippen LogP contribution is 2.41. The van der Waals surface area contributed by atoms with E-state index < -0.39 is 19.7 Å². The number of aromatic nitrogens is 2. The van der Waals surface area contributed by atoms with E-state index in [0.29, 0.717) is 16.6 Å². The summed E-state index contributed by atoms with van der Waals surface area (Å²) in [6, 6.07) is 3.30. The molecule has 1 heterocycles. The summed E-state index contributed by atoms with van der Waals surface area (Å²) >= 11 is 0. The predicted octanol–water partition coefficient (Wildman–Crippen LogP) is 1.25. The lowest BCUT2D eigenvalue weighted by molar-refractivity contribution is 0.0685. The number of nitrogens with zero attached hydrogens (tertiary/aromatic N) is 1. The first-order chi connectivity index (χ1) is 8.28. The third-order valence-electron chi connectivity index (χ3n) is 2.56. The number of aryl methyl sites for hydroxylation is 1. The summed E-state index contributed by atoms with van der Waals surface area (Å²) in [6.45, 7) is 1.69. The van der Waals surface area contributed by atoms with Crippen molar-refractivity contribution in [2.45, 2.75) is 13.1 Å². The Hall–Kier alpha value is -1.69. The van der Waals surface area contributed by atoms with Gasteiger partial charge in [-0.25, -0.2) is 9.78 Å². The minimum atomic E-state index is -4.23. The van der Waals surface area contributed by atoms with Crippen LogP contribution < -0.4 is 0 Å². The number of hydrogen-bond donors (Lipinski definition) is 4. The van der Waals surface area contributed by atoms with Gasteiger partial charge in [0.2, 0.25) is 5.82 Å². The van der Waals surface area contributed by atoms with Gasteiger partial charge in [0, 0.05) is 0 Å². The number of rotatable bonds is 3. The molecule has 0 atom stereocenters. The quantitative estimate of drug-likeness (QED) is 0.622. The van der Waals surface area contributed by atoms with E-state index >= 15 is 0 Å². The summed E-state index contributed by atoms with van der Waals surface area (Å²) in [5.74, 6) is -1.46. The smallest absolute Gasteiger partial charge is 0.371 e. The molecule has 0 fully saturated rings. The summed E-state index contributed by atoms with van der Waals surface area (Å²) in [4.78, 5) is 35.3. The first-order valence-electron chi connectivity index (χ1n) is 5.04. The number of imidazole rings is 1. The Bertz CT molecular complexity index is 672. The molecule has 0 saturated carbocycles. The second-order valence-corrected chi connectivity index (χ2v) is 5.62. The van der Waals surface area contributed by atoms with Crippen molar-refractivity contribution < 1.29 is 24.3 Å². The Morgan fingerprint density at radius 3 is 2.67 bits per heavy atom. The van der Waals surface area contributed by atoms with Crippen LogP contribution in [0.4, 0.5) is 0 Å². The summed E-state index contributed by atoms with van der Waals surface area (Å²) in [6.07, 6.45) is -0.458. The number of nitrogens with one attached hydrogen (secondary N) is 1. The molecule has 0 aliphatic rings. The van der Waals surface area contributed by atoms with Crippen molar-refractivity contribution in [1.29, 1.82) is 0 Å². The van der Waals surface area contributed by atoms with Gasteiger partial charge in [-0.3, -0.25) is 4.57 Å². The Labute approximate surface area is 102 Å². The van der Waals surface area contributed by atoms with Crippen LogP contribution in [0.2, 0.25) is 0 Å². The van der Waals surface area contributed by atoms with Crippen molar-refractivity contribution in [3.8, 4) is 0 Å². The van der Waals surface area contributed by atoms with E-state index in [1.165, 1.54) is 0 Å². The van der Waals surface area contributed by atoms with Crippen molar-refractivity contribution in [1.82, 2.24) is 9.97 Å². The molecule has 0 radical (unpaired) electrons. The highest BCUT2D eigenvalue weighted by atomic mass is 31.2. The number of aromatic amines is 1. The predicted molar refractivity (Wildman–Crippen MR) is 63.5 cm³/mol. The van der Waals surface area contributed by atoms with E-state index in [9.17, 15) is 9.36 Å². The van der Waals surface area contributed by atoms with Gasteiger partial charge >= 0.3 is 13.6 Å². The number of benzene rings is 1. The number of carboxylic acid groups (broad SMARTS) is 1. The van der Waals surface area contributed by atoms with Gasteiger partial charge in [0.05, 0.1) is 17.2 Å². The Kier molecular flexibility index (Phi) is 2.98. The minimum Gasteiger partial charge on any atom is -0.475 e. The average Bonchev–Trinajstić information content (AvgIpc) is 2.65. The lowest BCUT2D eigenvalue weighted by Crippen LogP contribution is -1.98. The van der Waals surface area contributed by atoms with E-state index in [0.717, 1.165) is 0 Å². The molecular formula is C10H11N2O5P. The van der Waals surface area contributed by atoms with Gasteiger partial charge in [-0.1, -0.05) is 6.07 Å². The largest absolute Gasteiger partial charge is 0.475 e. The fraction of sp³-hybridized carbons (Fsp3) is 0.200. The highest BCUT2D eigenvalue weighted by molar-refractivity contribution is 7.50. The van der Waals surface area contributed by atoms with E-state index in [2.05, 4.69) is 9.97 Å². The molecule has 96 valence electrons. The van der Waals surface area contributed by atoms with Gasteiger partial charge in [-0.05, 0) is 24.1 Å². The number of aromatic carboxylic acids is 1. The lowest BCUT2D eigenvalue weighted by Gasteiger charge is -2.07.